The maximum Gasteiger partial charge on any atom is 0.106 e. The predicted molar refractivity (Wildman–Crippen MR) is 97.4 cm³/mol. The van der Waals surface area contributed by atoms with Crippen molar-refractivity contribution < 1.29 is 0 Å². The van der Waals surface area contributed by atoms with Gasteiger partial charge in [-0.25, -0.2) is 0 Å². The number of benzene rings is 1. The maximum absolute atomic E-state index is 5.87. The van der Waals surface area contributed by atoms with Crippen molar-refractivity contribution in [2.75, 3.05) is 37.6 Å². The van der Waals surface area contributed by atoms with Crippen molar-refractivity contribution in [3.8, 4) is 0 Å². The molecule has 1 aromatic rings. The first kappa shape index (κ1) is 17.9. The van der Waals surface area contributed by atoms with Crippen LogP contribution in [0.5, 0.6) is 0 Å². The first-order chi connectivity index (χ1) is 10.0. The lowest BCUT2D eigenvalue weighted by Crippen LogP contribution is -2.31. The Morgan fingerprint density at radius 1 is 1.10 bits per heavy atom. The summed E-state index contributed by atoms with van der Waals surface area (Å²) in [5.41, 5.74) is 9.27. The topological polar surface area (TPSA) is 32.5 Å². The minimum absolute atomic E-state index is 0.479. The number of thiocarbonyl (C=S) groups is 1. The highest BCUT2D eigenvalue weighted by molar-refractivity contribution is 7.80. The summed E-state index contributed by atoms with van der Waals surface area (Å²) >= 11 is 5.19. The monoisotopic (exact) mass is 307 g/mol. The molecule has 0 amide bonds. The van der Waals surface area contributed by atoms with Crippen LogP contribution in [0.4, 0.5) is 5.69 Å². The van der Waals surface area contributed by atoms with Crippen LogP contribution in [-0.4, -0.2) is 42.6 Å². The fraction of sp³-hybridized carbons (Fsp3) is 0.588. The molecule has 0 aliphatic heterocycles. The Morgan fingerprint density at radius 2 is 1.76 bits per heavy atom. The summed E-state index contributed by atoms with van der Waals surface area (Å²) < 4.78 is 0. The Bertz CT molecular complexity index is 455. The van der Waals surface area contributed by atoms with Crippen LogP contribution >= 0.6 is 12.2 Å². The summed E-state index contributed by atoms with van der Waals surface area (Å²) in [4.78, 5) is 5.32. The first-order valence-corrected chi connectivity index (χ1v) is 8.32. The van der Waals surface area contributed by atoms with Gasteiger partial charge < -0.3 is 15.5 Å². The summed E-state index contributed by atoms with van der Waals surface area (Å²) in [6.45, 7) is 14.1. The number of aryl methyl sites for hydroxylation is 1. The van der Waals surface area contributed by atoms with Crippen LogP contribution < -0.4 is 10.6 Å². The van der Waals surface area contributed by atoms with Crippen molar-refractivity contribution in [3.63, 3.8) is 0 Å². The van der Waals surface area contributed by atoms with Gasteiger partial charge in [-0.1, -0.05) is 32.1 Å². The summed E-state index contributed by atoms with van der Waals surface area (Å²) in [5, 5.41) is 0. The zero-order valence-corrected chi connectivity index (χ0v) is 14.7. The molecule has 1 aromatic carbocycles. The molecule has 0 saturated carbocycles. The van der Waals surface area contributed by atoms with Crippen molar-refractivity contribution in [1.29, 1.82) is 0 Å². The molecular weight excluding hydrogens is 278 g/mol. The number of hydrogen-bond donors (Lipinski definition) is 1. The molecule has 0 spiro atoms. The van der Waals surface area contributed by atoms with Crippen LogP contribution in [0.1, 0.15) is 38.3 Å². The van der Waals surface area contributed by atoms with Gasteiger partial charge in [-0.05, 0) is 57.6 Å². The number of rotatable bonds is 9. The molecule has 21 heavy (non-hydrogen) atoms. The third-order valence-electron chi connectivity index (χ3n) is 3.94. The zero-order chi connectivity index (χ0) is 15.8. The molecule has 4 heteroatoms. The Kier molecular flexibility index (Phi) is 7.68. The highest BCUT2D eigenvalue weighted by Gasteiger charge is 2.12. The highest BCUT2D eigenvalue weighted by atomic mass is 32.1. The van der Waals surface area contributed by atoms with E-state index in [4.69, 9.17) is 18.0 Å². The molecule has 0 aliphatic rings. The van der Waals surface area contributed by atoms with Gasteiger partial charge in [-0.3, -0.25) is 0 Å². The molecule has 0 heterocycles. The van der Waals surface area contributed by atoms with Gasteiger partial charge in [-0.15, -0.1) is 0 Å². The van der Waals surface area contributed by atoms with Gasteiger partial charge in [0.1, 0.15) is 4.99 Å². The molecule has 0 atom stereocenters. The molecule has 0 radical (unpaired) electrons. The Labute approximate surface area is 135 Å². The van der Waals surface area contributed by atoms with E-state index < -0.39 is 0 Å². The molecule has 0 aromatic heterocycles. The molecule has 1 rings (SSSR count). The Morgan fingerprint density at radius 3 is 2.29 bits per heavy atom. The number of nitrogens with two attached hydrogens (primary N) is 1. The van der Waals surface area contributed by atoms with E-state index in [9.17, 15) is 0 Å². The number of hydrogen-bond acceptors (Lipinski definition) is 3. The fourth-order valence-electron chi connectivity index (χ4n) is 2.59. The fourth-order valence-corrected chi connectivity index (χ4v) is 2.76. The van der Waals surface area contributed by atoms with Gasteiger partial charge in [-0.2, -0.15) is 0 Å². The lowest BCUT2D eigenvalue weighted by atomic mass is 10.1. The van der Waals surface area contributed by atoms with E-state index >= 15 is 0 Å². The largest absolute Gasteiger partial charge is 0.389 e. The van der Waals surface area contributed by atoms with Crippen LogP contribution in [0.25, 0.3) is 0 Å². The molecule has 3 nitrogen and oxygen atoms in total. The van der Waals surface area contributed by atoms with Crippen molar-refractivity contribution >= 4 is 22.9 Å². The normalized spacial score (nSPS) is 10.9. The lowest BCUT2D eigenvalue weighted by Gasteiger charge is -2.27. The molecule has 0 unspecified atom stereocenters. The maximum atomic E-state index is 5.87. The van der Waals surface area contributed by atoms with Gasteiger partial charge in [0.05, 0.1) is 0 Å². The molecule has 0 bridgehead atoms. The lowest BCUT2D eigenvalue weighted by molar-refractivity contribution is 0.301. The van der Waals surface area contributed by atoms with Gasteiger partial charge in [0.2, 0.25) is 0 Å². The number of nitrogens with zero attached hydrogens (tertiary/aromatic N) is 2. The van der Waals surface area contributed by atoms with E-state index in [1.165, 1.54) is 11.3 Å². The average molecular weight is 308 g/mol. The van der Waals surface area contributed by atoms with E-state index in [1.54, 1.807) is 0 Å². The Balaban J connectivity index is 2.80. The SMILES string of the molecule is CCN(CC)CCCN(CC)c1cc(C)ccc1C(N)=S. The third-order valence-corrected chi connectivity index (χ3v) is 4.16. The van der Waals surface area contributed by atoms with Crippen molar-refractivity contribution in [1.82, 2.24) is 4.90 Å². The van der Waals surface area contributed by atoms with E-state index in [-0.39, 0.29) is 0 Å². The van der Waals surface area contributed by atoms with Crippen molar-refractivity contribution in [2.45, 2.75) is 34.1 Å². The first-order valence-electron chi connectivity index (χ1n) is 7.91. The summed E-state index contributed by atoms with van der Waals surface area (Å²) in [6, 6.07) is 6.30. The Hall–Kier alpha value is -1.13. The van der Waals surface area contributed by atoms with Crippen molar-refractivity contribution in [2.24, 2.45) is 5.73 Å². The minimum Gasteiger partial charge on any atom is -0.389 e. The molecule has 0 fully saturated rings. The molecule has 0 aliphatic carbocycles. The quantitative estimate of drug-likeness (QED) is 0.710. The summed E-state index contributed by atoms with van der Waals surface area (Å²) in [5.74, 6) is 0. The van der Waals surface area contributed by atoms with Gasteiger partial charge in [0.25, 0.3) is 0 Å². The zero-order valence-electron chi connectivity index (χ0n) is 13.9. The standard InChI is InChI=1S/C17H29N3S/c1-5-19(6-2)11-8-12-20(7-3)16-13-14(4)9-10-15(16)17(18)21/h9-10,13H,5-8,11-12H2,1-4H3,(H2,18,21). The van der Waals surface area contributed by atoms with Crippen LogP contribution in [0, 0.1) is 6.92 Å². The van der Waals surface area contributed by atoms with E-state index in [1.807, 2.05) is 6.07 Å². The summed E-state index contributed by atoms with van der Waals surface area (Å²) in [6.07, 6.45) is 1.15. The minimum atomic E-state index is 0.479. The van der Waals surface area contributed by atoms with Crippen LogP contribution in [0.2, 0.25) is 0 Å². The van der Waals surface area contributed by atoms with E-state index in [0.29, 0.717) is 4.99 Å². The van der Waals surface area contributed by atoms with Crippen LogP contribution in [0.15, 0.2) is 18.2 Å². The smallest absolute Gasteiger partial charge is 0.106 e. The van der Waals surface area contributed by atoms with Crippen molar-refractivity contribution in [3.05, 3.63) is 29.3 Å². The van der Waals surface area contributed by atoms with Gasteiger partial charge in [0.15, 0.2) is 0 Å². The second-order valence-corrected chi connectivity index (χ2v) is 5.78. The van der Waals surface area contributed by atoms with Crippen LogP contribution in [-0.2, 0) is 0 Å². The second kappa shape index (κ2) is 9.00. The number of anilines is 1. The average Bonchev–Trinajstić information content (AvgIpc) is 2.47. The van der Waals surface area contributed by atoms with E-state index in [2.05, 4.69) is 49.6 Å². The molecule has 0 saturated heterocycles. The molecule has 118 valence electrons. The highest BCUT2D eigenvalue weighted by Crippen LogP contribution is 2.22. The molecular formula is C17H29N3S. The molecule has 2 N–H and O–H groups in total. The third kappa shape index (κ3) is 5.29. The predicted octanol–water partition coefficient (Wildman–Crippen LogP) is 3.19. The summed E-state index contributed by atoms with van der Waals surface area (Å²) in [7, 11) is 0. The van der Waals surface area contributed by atoms with Crippen LogP contribution in [0.3, 0.4) is 0 Å². The van der Waals surface area contributed by atoms with E-state index in [0.717, 1.165) is 44.7 Å². The second-order valence-electron chi connectivity index (χ2n) is 5.34. The van der Waals surface area contributed by atoms with Gasteiger partial charge >= 0.3 is 0 Å². The van der Waals surface area contributed by atoms with Gasteiger partial charge in [0, 0.05) is 24.3 Å².